The molecule has 0 fully saturated rings. The summed E-state index contributed by atoms with van der Waals surface area (Å²) >= 11 is 0. The Morgan fingerprint density at radius 1 is 1.33 bits per heavy atom. The number of nitrogens with one attached hydrogen (secondary N) is 1. The predicted molar refractivity (Wildman–Crippen MR) is 87.7 cm³/mol. The van der Waals surface area contributed by atoms with Crippen LogP contribution in [0.25, 0.3) is 0 Å². The fraction of sp³-hybridized carbons (Fsp3) is 0.588. The Labute approximate surface area is 128 Å². The molecule has 0 saturated heterocycles. The standard InChI is InChI=1S/C17H28N2O2/c1-4-14(10-11-18)6-9-17(20)19-16-8-7-15(21-5-2)12-13(16)3/h7-8,12,14H,4-6,9-11,18H2,1-3H3,(H,19,20). The number of anilines is 1. The summed E-state index contributed by atoms with van der Waals surface area (Å²) in [6, 6.07) is 5.73. The second-order valence-corrected chi connectivity index (χ2v) is 5.35. The first-order valence-corrected chi connectivity index (χ1v) is 7.84. The maximum absolute atomic E-state index is 12.0. The van der Waals surface area contributed by atoms with Crippen molar-refractivity contribution in [2.45, 2.75) is 46.5 Å². The first-order chi connectivity index (χ1) is 10.1. The molecule has 0 bridgehead atoms. The SMILES string of the molecule is CCOc1ccc(NC(=O)CCC(CC)CCN)c(C)c1. The highest BCUT2D eigenvalue weighted by Gasteiger charge is 2.10. The van der Waals surface area contributed by atoms with Gasteiger partial charge in [-0.3, -0.25) is 4.79 Å². The van der Waals surface area contributed by atoms with Gasteiger partial charge in [-0.25, -0.2) is 0 Å². The van der Waals surface area contributed by atoms with Crippen molar-refractivity contribution in [3.63, 3.8) is 0 Å². The molecule has 1 atom stereocenters. The molecule has 0 radical (unpaired) electrons. The lowest BCUT2D eigenvalue weighted by Gasteiger charge is -2.14. The van der Waals surface area contributed by atoms with Crippen molar-refractivity contribution in [1.82, 2.24) is 0 Å². The van der Waals surface area contributed by atoms with Crippen molar-refractivity contribution in [2.24, 2.45) is 11.7 Å². The van der Waals surface area contributed by atoms with Gasteiger partial charge in [0.15, 0.2) is 0 Å². The third-order valence-corrected chi connectivity index (χ3v) is 3.71. The molecule has 1 rings (SSSR count). The molecule has 0 aromatic heterocycles. The van der Waals surface area contributed by atoms with Gasteiger partial charge in [-0.1, -0.05) is 13.3 Å². The number of amides is 1. The van der Waals surface area contributed by atoms with Crippen molar-refractivity contribution >= 4 is 11.6 Å². The molecule has 4 nitrogen and oxygen atoms in total. The van der Waals surface area contributed by atoms with Crippen molar-refractivity contribution < 1.29 is 9.53 Å². The summed E-state index contributed by atoms with van der Waals surface area (Å²) in [5, 5.41) is 2.98. The highest BCUT2D eigenvalue weighted by atomic mass is 16.5. The van der Waals surface area contributed by atoms with E-state index in [0.717, 1.165) is 36.3 Å². The Kier molecular flexibility index (Phi) is 7.83. The molecule has 3 N–H and O–H groups in total. The number of hydrogen-bond acceptors (Lipinski definition) is 3. The minimum Gasteiger partial charge on any atom is -0.494 e. The first-order valence-electron chi connectivity index (χ1n) is 7.84. The van der Waals surface area contributed by atoms with Gasteiger partial charge in [0.05, 0.1) is 6.61 Å². The van der Waals surface area contributed by atoms with Gasteiger partial charge in [-0.2, -0.15) is 0 Å². The van der Waals surface area contributed by atoms with Gasteiger partial charge in [0.1, 0.15) is 5.75 Å². The molecule has 21 heavy (non-hydrogen) atoms. The molecule has 4 heteroatoms. The predicted octanol–water partition coefficient (Wildman–Crippen LogP) is 3.49. The molecule has 0 saturated carbocycles. The van der Waals surface area contributed by atoms with E-state index in [0.29, 0.717) is 25.5 Å². The molecule has 0 heterocycles. The minimum absolute atomic E-state index is 0.0673. The number of carbonyl (C=O) groups excluding carboxylic acids is 1. The van der Waals surface area contributed by atoms with Crippen molar-refractivity contribution in [3.05, 3.63) is 23.8 Å². The molecular weight excluding hydrogens is 264 g/mol. The number of rotatable bonds is 9. The van der Waals surface area contributed by atoms with Crippen LogP contribution in [0.2, 0.25) is 0 Å². The van der Waals surface area contributed by atoms with Crippen LogP contribution >= 0.6 is 0 Å². The van der Waals surface area contributed by atoms with E-state index in [1.165, 1.54) is 0 Å². The second kappa shape index (κ2) is 9.40. The lowest BCUT2D eigenvalue weighted by Crippen LogP contribution is -2.15. The van der Waals surface area contributed by atoms with Crippen LogP contribution in [0.4, 0.5) is 5.69 Å². The first kappa shape index (κ1) is 17.5. The van der Waals surface area contributed by atoms with E-state index in [1.54, 1.807) is 0 Å². The zero-order valence-electron chi connectivity index (χ0n) is 13.4. The maximum Gasteiger partial charge on any atom is 0.224 e. The lowest BCUT2D eigenvalue weighted by molar-refractivity contribution is -0.116. The highest BCUT2D eigenvalue weighted by molar-refractivity contribution is 5.91. The molecule has 1 unspecified atom stereocenters. The van der Waals surface area contributed by atoms with Crippen LogP contribution in [0.1, 0.15) is 45.1 Å². The van der Waals surface area contributed by atoms with E-state index in [4.69, 9.17) is 10.5 Å². The fourth-order valence-electron chi connectivity index (χ4n) is 2.37. The number of hydrogen-bond donors (Lipinski definition) is 2. The number of ether oxygens (including phenoxy) is 1. The Hall–Kier alpha value is -1.55. The number of benzene rings is 1. The van der Waals surface area contributed by atoms with Gasteiger partial charge in [0.25, 0.3) is 0 Å². The number of carbonyl (C=O) groups is 1. The Morgan fingerprint density at radius 2 is 2.10 bits per heavy atom. The van der Waals surface area contributed by atoms with E-state index in [9.17, 15) is 4.79 Å². The van der Waals surface area contributed by atoms with Crippen molar-refractivity contribution in [3.8, 4) is 5.75 Å². The van der Waals surface area contributed by atoms with E-state index in [2.05, 4.69) is 12.2 Å². The van der Waals surface area contributed by atoms with Gasteiger partial charge < -0.3 is 15.8 Å². The molecule has 1 aromatic rings. The van der Waals surface area contributed by atoms with Gasteiger partial charge in [0, 0.05) is 12.1 Å². The minimum atomic E-state index is 0.0673. The van der Waals surface area contributed by atoms with Gasteiger partial charge in [-0.05, 0) is 62.9 Å². The number of nitrogens with two attached hydrogens (primary N) is 1. The summed E-state index contributed by atoms with van der Waals surface area (Å²) in [7, 11) is 0. The molecular formula is C17H28N2O2. The van der Waals surface area contributed by atoms with E-state index < -0.39 is 0 Å². The van der Waals surface area contributed by atoms with Crippen LogP contribution in [-0.4, -0.2) is 19.1 Å². The van der Waals surface area contributed by atoms with Gasteiger partial charge in [-0.15, -0.1) is 0 Å². The van der Waals surface area contributed by atoms with Crippen LogP contribution in [-0.2, 0) is 4.79 Å². The highest BCUT2D eigenvalue weighted by Crippen LogP contribution is 2.22. The summed E-state index contributed by atoms with van der Waals surface area (Å²) in [6.45, 7) is 7.41. The third-order valence-electron chi connectivity index (χ3n) is 3.71. The summed E-state index contributed by atoms with van der Waals surface area (Å²) in [4.78, 5) is 12.0. The molecule has 0 aliphatic carbocycles. The molecule has 1 amide bonds. The van der Waals surface area contributed by atoms with Crippen LogP contribution in [0, 0.1) is 12.8 Å². The van der Waals surface area contributed by atoms with E-state index in [1.807, 2.05) is 32.0 Å². The molecule has 118 valence electrons. The van der Waals surface area contributed by atoms with Crippen molar-refractivity contribution in [1.29, 1.82) is 0 Å². The third kappa shape index (κ3) is 6.17. The molecule has 0 spiro atoms. The average molecular weight is 292 g/mol. The maximum atomic E-state index is 12.0. The largest absolute Gasteiger partial charge is 0.494 e. The normalized spacial score (nSPS) is 12.0. The molecule has 0 aliphatic heterocycles. The van der Waals surface area contributed by atoms with Gasteiger partial charge >= 0.3 is 0 Å². The van der Waals surface area contributed by atoms with Crippen LogP contribution in [0.5, 0.6) is 5.75 Å². The van der Waals surface area contributed by atoms with Gasteiger partial charge in [0.2, 0.25) is 5.91 Å². The smallest absolute Gasteiger partial charge is 0.224 e. The second-order valence-electron chi connectivity index (χ2n) is 5.35. The van der Waals surface area contributed by atoms with Crippen molar-refractivity contribution in [2.75, 3.05) is 18.5 Å². The van der Waals surface area contributed by atoms with Crippen LogP contribution < -0.4 is 15.8 Å². The van der Waals surface area contributed by atoms with E-state index >= 15 is 0 Å². The van der Waals surface area contributed by atoms with Crippen LogP contribution in [0.3, 0.4) is 0 Å². The monoisotopic (exact) mass is 292 g/mol. The summed E-state index contributed by atoms with van der Waals surface area (Å²) in [5.41, 5.74) is 7.45. The Morgan fingerprint density at radius 3 is 2.67 bits per heavy atom. The average Bonchev–Trinajstić information content (AvgIpc) is 2.46. The molecule has 1 aromatic carbocycles. The summed E-state index contributed by atoms with van der Waals surface area (Å²) in [6.07, 6.45) is 3.51. The summed E-state index contributed by atoms with van der Waals surface area (Å²) < 4.78 is 5.44. The van der Waals surface area contributed by atoms with E-state index in [-0.39, 0.29) is 5.91 Å². The zero-order valence-corrected chi connectivity index (χ0v) is 13.4. The van der Waals surface area contributed by atoms with Crippen LogP contribution in [0.15, 0.2) is 18.2 Å². The lowest BCUT2D eigenvalue weighted by atomic mass is 9.96. The Balaban J connectivity index is 2.51. The molecule has 0 aliphatic rings. The topological polar surface area (TPSA) is 64.3 Å². The number of aryl methyl sites for hydroxylation is 1. The fourth-order valence-corrected chi connectivity index (χ4v) is 2.37. The summed E-state index contributed by atoms with van der Waals surface area (Å²) in [5.74, 6) is 1.45. The quantitative estimate of drug-likeness (QED) is 0.732. The Bertz CT molecular complexity index is 446. The zero-order chi connectivity index (χ0) is 15.7.